The summed E-state index contributed by atoms with van der Waals surface area (Å²) in [5, 5.41) is 12.0. The van der Waals surface area contributed by atoms with Crippen molar-refractivity contribution in [3.05, 3.63) is 28.2 Å². The SMILES string of the molecule is CCC(CN)Nc1ccc(C#N)cc1Br. The normalized spacial score (nSPS) is 11.9. The van der Waals surface area contributed by atoms with Crippen LogP contribution in [0.2, 0.25) is 0 Å². The molecule has 3 N–H and O–H groups in total. The third kappa shape index (κ3) is 3.22. The molecule has 4 heteroatoms. The molecule has 0 fully saturated rings. The van der Waals surface area contributed by atoms with Crippen LogP contribution in [0.4, 0.5) is 5.69 Å². The lowest BCUT2D eigenvalue weighted by Crippen LogP contribution is -2.28. The van der Waals surface area contributed by atoms with Gasteiger partial charge in [0.1, 0.15) is 0 Å². The third-order valence-corrected chi connectivity index (χ3v) is 2.89. The lowest BCUT2D eigenvalue weighted by molar-refractivity contribution is 0.703. The van der Waals surface area contributed by atoms with Gasteiger partial charge < -0.3 is 11.1 Å². The quantitative estimate of drug-likeness (QED) is 0.881. The average molecular weight is 268 g/mol. The van der Waals surface area contributed by atoms with E-state index in [0.29, 0.717) is 12.1 Å². The second-order valence-corrected chi connectivity index (χ2v) is 4.15. The Morgan fingerprint density at radius 1 is 1.60 bits per heavy atom. The molecule has 0 heterocycles. The molecule has 1 aromatic rings. The van der Waals surface area contributed by atoms with Gasteiger partial charge in [-0.05, 0) is 40.5 Å². The van der Waals surface area contributed by atoms with Crippen LogP contribution in [-0.4, -0.2) is 12.6 Å². The maximum absolute atomic E-state index is 8.72. The van der Waals surface area contributed by atoms with Crippen LogP contribution in [0, 0.1) is 11.3 Å². The number of hydrogen-bond acceptors (Lipinski definition) is 3. The molecule has 0 aliphatic rings. The zero-order chi connectivity index (χ0) is 11.3. The molecule has 0 saturated carbocycles. The largest absolute Gasteiger partial charge is 0.380 e. The molecular formula is C11H14BrN3. The molecule has 80 valence electrons. The first-order valence-corrected chi connectivity index (χ1v) is 5.66. The van der Waals surface area contributed by atoms with Crippen LogP contribution in [0.3, 0.4) is 0 Å². The Labute approximate surface area is 98.4 Å². The highest BCUT2D eigenvalue weighted by Crippen LogP contribution is 2.24. The summed E-state index contributed by atoms with van der Waals surface area (Å²) in [6.45, 7) is 2.69. The van der Waals surface area contributed by atoms with Crippen molar-refractivity contribution in [1.29, 1.82) is 5.26 Å². The number of hydrogen-bond donors (Lipinski definition) is 2. The maximum Gasteiger partial charge on any atom is 0.0992 e. The van der Waals surface area contributed by atoms with Gasteiger partial charge in [-0.3, -0.25) is 0 Å². The average Bonchev–Trinajstić information content (AvgIpc) is 2.27. The van der Waals surface area contributed by atoms with Crippen LogP contribution < -0.4 is 11.1 Å². The van der Waals surface area contributed by atoms with Gasteiger partial charge in [-0.15, -0.1) is 0 Å². The minimum Gasteiger partial charge on any atom is -0.380 e. The van der Waals surface area contributed by atoms with Crippen LogP contribution in [0.25, 0.3) is 0 Å². The van der Waals surface area contributed by atoms with E-state index in [-0.39, 0.29) is 6.04 Å². The summed E-state index contributed by atoms with van der Waals surface area (Å²) in [4.78, 5) is 0. The van der Waals surface area contributed by atoms with E-state index < -0.39 is 0 Å². The van der Waals surface area contributed by atoms with E-state index in [1.165, 1.54) is 0 Å². The number of nitrogens with zero attached hydrogens (tertiary/aromatic N) is 1. The molecule has 1 atom stereocenters. The van der Waals surface area contributed by atoms with E-state index in [9.17, 15) is 0 Å². The van der Waals surface area contributed by atoms with E-state index in [1.807, 2.05) is 6.07 Å². The van der Waals surface area contributed by atoms with Gasteiger partial charge in [-0.1, -0.05) is 6.92 Å². The van der Waals surface area contributed by atoms with Gasteiger partial charge in [-0.2, -0.15) is 5.26 Å². The third-order valence-electron chi connectivity index (χ3n) is 2.24. The van der Waals surface area contributed by atoms with Crippen LogP contribution in [-0.2, 0) is 0 Å². The van der Waals surface area contributed by atoms with Gasteiger partial charge in [0.05, 0.1) is 11.6 Å². The van der Waals surface area contributed by atoms with Crippen molar-refractivity contribution < 1.29 is 0 Å². The monoisotopic (exact) mass is 267 g/mol. The first-order valence-electron chi connectivity index (χ1n) is 4.87. The molecule has 15 heavy (non-hydrogen) atoms. The van der Waals surface area contributed by atoms with E-state index in [1.54, 1.807) is 12.1 Å². The molecule has 0 aliphatic heterocycles. The molecule has 0 radical (unpaired) electrons. The van der Waals surface area contributed by atoms with Crippen molar-refractivity contribution in [2.24, 2.45) is 5.73 Å². The first-order chi connectivity index (χ1) is 7.21. The molecule has 0 amide bonds. The van der Waals surface area contributed by atoms with Crippen molar-refractivity contribution >= 4 is 21.6 Å². The molecule has 0 bridgehead atoms. The molecule has 0 saturated heterocycles. The summed E-state index contributed by atoms with van der Waals surface area (Å²) in [7, 11) is 0. The fourth-order valence-electron chi connectivity index (χ4n) is 1.25. The van der Waals surface area contributed by atoms with Crippen molar-refractivity contribution in [2.45, 2.75) is 19.4 Å². The maximum atomic E-state index is 8.72. The standard InChI is InChI=1S/C11H14BrN3/c1-2-9(7-14)15-11-4-3-8(6-13)5-10(11)12/h3-5,9,15H,2,7,14H2,1H3. The summed E-state index contributed by atoms with van der Waals surface area (Å²) in [5.74, 6) is 0. The zero-order valence-electron chi connectivity index (χ0n) is 8.63. The zero-order valence-corrected chi connectivity index (χ0v) is 10.2. The summed E-state index contributed by atoms with van der Waals surface area (Å²) in [5.41, 5.74) is 7.23. The molecule has 0 aromatic heterocycles. The number of nitriles is 1. The van der Waals surface area contributed by atoms with Crippen molar-refractivity contribution in [2.75, 3.05) is 11.9 Å². The van der Waals surface area contributed by atoms with Gasteiger partial charge in [-0.25, -0.2) is 0 Å². The highest BCUT2D eigenvalue weighted by Gasteiger charge is 2.06. The number of halogens is 1. The Morgan fingerprint density at radius 2 is 2.33 bits per heavy atom. The van der Waals surface area contributed by atoms with Crippen LogP contribution >= 0.6 is 15.9 Å². The van der Waals surface area contributed by atoms with Crippen LogP contribution in [0.5, 0.6) is 0 Å². The Bertz CT molecular complexity index is 367. The highest BCUT2D eigenvalue weighted by molar-refractivity contribution is 9.10. The van der Waals surface area contributed by atoms with Crippen molar-refractivity contribution in [1.82, 2.24) is 0 Å². The number of benzene rings is 1. The minimum absolute atomic E-state index is 0.272. The molecule has 1 rings (SSSR count). The Kier molecular flexibility index (Phi) is 4.60. The lowest BCUT2D eigenvalue weighted by Gasteiger charge is -2.17. The van der Waals surface area contributed by atoms with Gasteiger partial charge in [0.2, 0.25) is 0 Å². The number of anilines is 1. The van der Waals surface area contributed by atoms with Gasteiger partial charge in [0.25, 0.3) is 0 Å². The van der Waals surface area contributed by atoms with Crippen LogP contribution in [0.1, 0.15) is 18.9 Å². The predicted octanol–water partition coefficient (Wildman–Crippen LogP) is 2.47. The fraction of sp³-hybridized carbons (Fsp3) is 0.364. The highest BCUT2D eigenvalue weighted by atomic mass is 79.9. The molecule has 1 aromatic carbocycles. The molecule has 3 nitrogen and oxygen atoms in total. The topological polar surface area (TPSA) is 61.8 Å². The molecule has 1 unspecified atom stereocenters. The van der Waals surface area contributed by atoms with E-state index in [4.69, 9.17) is 11.0 Å². The van der Waals surface area contributed by atoms with E-state index in [2.05, 4.69) is 34.2 Å². The Balaban J connectivity index is 2.83. The smallest absolute Gasteiger partial charge is 0.0992 e. The number of rotatable bonds is 4. The Hall–Kier alpha value is -1.05. The van der Waals surface area contributed by atoms with Crippen molar-refractivity contribution in [3.63, 3.8) is 0 Å². The lowest BCUT2D eigenvalue weighted by atomic mass is 10.2. The summed E-state index contributed by atoms with van der Waals surface area (Å²) < 4.78 is 0.897. The van der Waals surface area contributed by atoms with Gasteiger partial charge in [0.15, 0.2) is 0 Å². The summed E-state index contributed by atoms with van der Waals surface area (Å²) >= 11 is 3.42. The van der Waals surface area contributed by atoms with Gasteiger partial charge in [0, 0.05) is 22.7 Å². The minimum atomic E-state index is 0.272. The number of nitrogens with one attached hydrogen (secondary N) is 1. The second-order valence-electron chi connectivity index (χ2n) is 3.29. The summed E-state index contributed by atoms with van der Waals surface area (Å²) in [6.07, 6.45) is 0.975. The first kappa shape index (κ1) is 12.0. The summed E-state index contributed by atoms with van der Waals surface area (Å²) in [6, 6.07) is 7.84. The second kappa shape index (κ2) is 5.74. The molecule has 0 aliphatic carbocycles. The fourth-order valence-corrected chi connectivity index (χ4v) is 1.74. The van der Waals surface area contributed by atoms with Gasteiger partial charge >= 0.3 is 0 Å². The van der Waals surface area contributed by atoms with E-state index in [0.717, 1.165) is 16.6 Å². The molecular weight excluding hydrogens is 254 g/mol. The molecule has 0 spiro atoms. The van der Waals surface area contributed by atoms with Crippen molar-refractivity contribution in [3.8, 4) is 6.07 Å². The van der Waals surface area contributed by atoms with E-state index >= 15 is 0 Å². The van der Waals surface area contributed by atoms with Crippen LogP contribution in [0.15, 0.2) is 22.7 Å². The Morgan fingerprint density at radius 3 is 2.80 bits per heavy atom. The predicted molar refractivity (Wildman–Crippen MR) is 65.6 cm³/mol. The number of nitrogens with two attached hydrogens (primary N) is 1.